The zero-order chi connectivity index (χ0) is 20.0. The summed E-state index contributed by atoms with van der Waals surface area (Å²) in [5.74, 6) is -1.01. The van der Waals surface area contributed by atoms with Crippen molar-refractivity contribution in [2.45, 2.75) is 13.0 Å². The molecule has 2 heterocycles. The van der Waals surface area contributed by atoms with Gasteiger partial charge in [-0.3, -0.25) is 0 Å². The van der Waals surface area contributed by atoms with E-state index in [1.807, 2.05) is 23.2 Å². The summed E-state index contributed by atoms with van der Waals surface area (Å²) < 4.78 is 0. The van der Waals surface area contributed by atoms with E-state index in [0.29, 0.717) is 31.5 Å². The fourth-order valence-corrected chi connectivity index (χ4v) is 5.23. The molecule has 1 atom stereocenters. The maximum Gasteiger partial charge on any atom is 0.335 e. The van der Waals surface area contributed by atoms with E-state index in [2.05, 4.69) is 4.99 Å². The van der Waals surface area contributed by atoms with Gasteiger partial charge in [0.15, 0.2) is 5.17 Å². The molecule has 4 nitrogen and oxygen atoms in total. The van der Waals surface area contributed by atoms with Gasteiger partial charge in [-0.25, -0.2) is 9.79 Å². The molecular weight excluding hydrogens is 439 g/mol. The summed E-state index contributed by atoms with van der Waals surface area (Å²) >= 11 is 20.2. The molecule has 142 valence electrons. The number of carboxylic acids is 1. The second kappa shape index (κ2) is 7.48. The van der Waals surface area contributed by atoms with Crippen LogP contribution in [0.3, 0.4) is 0 Å². The van der Waals surface area contributed by atoms with Crippen LogP contribution in [0.2, 0.25) is 15.1 Å². The van der Waals surface area contributed by atoms with Gasteiger partial charge in [-0.15, -0.1) is 0 Å². The van der Waals surface area contributed by atoms with Crippen LogP contribution in [0.1, 0.15) is 24.1 Å². The van der Waals surface area contributed by atoms with Gasteiger partial charge in [-0.05, 0) is 48.5 Å². The lowest BCUT2D eigenvalue weighted by atomic mass is 9.95. The Morgan fingerprint density at radius 1 is 1.11 bits per heavy atom. The molecule has 1 N–H and O–H groups in total. The van der Waals surface area contributed by atoms with Crippen LogP contribution in [0.15, 0.2) is 64.9 Å². The lowest BCUT2D eigenvalue weighted by Crippen LogP contribution is -2.33. The van der Waals surface area contributed by atoms with Crippen molar-refractivity contribution >= 4 is 62.6 Å². The molecule has 0 aromatic heterocycles. The second-order valence-corrected chi connectivity index (χ2v) is 8.51. The number of hydrogen-bond donors (Lipinski definition) is 1. The number of thioether (sulfide) groups is 1. The molecule has 0 radical (unpaired) electrons. The van der Waals surface area contributed by atoms with Crippen LogP contribution in [0.4, 0.5) is 0 Å². The summed E-state index contributed by atoms with van der Waals surface area (Å²) in [7, 11) is 0. The van der Waals surface area contributed by atoms with Crippen molar-refractivity contribution in [3.05, 3.63) is 86.1 Å². The molecule has 0 spiro atoms. The monoisotopic (exact) mass is 450 g/mol. The van der Waals surface area contributed by atoms with Crippen LogP contribution in [-0.2, 0) is 4.79 Å². The van der Waals surface area contributed by atoms with Crippen molar-refractivity contribution in [1.29, 1.82) is 0 Å². The Morgan fingerprint density at radius 3 is 2.36 bits per heavy atom. The fraction of sp³-hybridized carbons (Fsp3) is 0.100. The van der Waals surface area contributed by atoms with E-state index in [0.717, 1.165) is 10.5 Å². The molecule has 8 heteroatoms. The zero-order valence-electron chi connectivity index (χ0n) is 14.5. The summed E-state index contributed by atoms with van der Waals surface area (Å²) in [6.45, 7) is 1.71. The number of rotatable bonds is 3. The molecule has 4 rings (SSSR count). The molecule has 0 saturated carbocycles. The largest absolute Gasteiger partial charge is 0.478 e. The van der Waals surface area contributed by atoms with Gasteiger partial charge in [0.25, 0.3) is 0 Å². The molecular formula is C20H13Cl3N2O2S. The van der Waals surface area contributed by atoms with Gasteiger partial charge in [-0.1, -0.05) is 53.0 Å². The number of allylic oxidation sites excluding steroid dienone is 1. The third-order valence-electron chi connectivity index (χ3n) is 4.51. The van der Waals surface area contributed by atoms with Crippen LogP contribution >= 0.6 is 46.6 Å². The number of carbonyl (C=O) groups is 1. The van der Waals surface area contributed by atoms with Gasteiger partial charge >= 0.3 is 5.97 Å². The van der Waals surface area contributed by atoms with Gasteiger partial charge in [0.05, 0.1) is 27.4 Å². The molecule has 0 aliphatic carbocycles. The Hall–Kier alpha value is -1.92. The SMILES string of the molecule is CC1=C(C(=O)O)[C@H](c2ccc(Cl)cc2)N2C=C(c3c(Cl)cccc3Cl)SC2=N1. The average molecular weight is 452 g/mol. The Balaban J connectivity index is 1.86. The van der Waals surface area contributed by atoms with Gasteiger partial charge < -0.3 is 10.0 Å². The minimum atomic E-state index is -1.01. The minimum Gasteiger partial charge on any atom is -0.478 e. The minimum absolute atomic E-state index is 0.217. The highest BCUT2D eigenvalue weighted by Gasteiger charge is 2.39. The van der Waals surface area contributed by atoms with Crippen LogP contribution in [0.25, 0.3) is 4.91 Å². The van der Waals surface area contributed by atoms with Crippen molar-refractivity contribution in [1.82, 2.24) is 4.90 Å². The number of nitrogens with zero attached hydrogens (tertiary/aromatic N) is 2. The standard InChI is InChI=1S/C20H13Cl3N2O2S/c1-10-16(19(26)27)18(11-5-7-12(21)8-6-11)25-9-15(28-20(25)24-10)17-13(22)3-2-4-14(17)23/h2-9,18H,1H3,(H,26,27)/t18-/m0/s1. The van der Waals surface area contributed by atoms with E-state index in [1.165, 1.54) is 11.8 Å². The molecule has 2 aromatic rings. The number of halogens is 3. The summed E-state index contributed by atoms with van der Waals surface area (Å²) in [5, 5.41) is 12.1. The number of benzene rings is 2. The van der Waals surface area contributed by atoms with Gasteiger partial charge in [0.1, 0.15) is 0 Å². The van der Waals surface area contributed by atoms with Gasteiger partial charge in [0, 0.05) is 21.7 Å². The Morgan fingerprint density at radius 2 is 1.75 bits per heavy atom. The van der Waals surface area contributed by atoms with Gasteiger partial charge in [0.2, 0.25) is 0 Å². The summed E-state index contributed by atoms with van der Waals surface area (Å²) in [6, 6.07) is 11.9. The highest BCUT2D eigenvalue weighted by atomic mass is 35.5. The average Bonchev–Trinajstić information content (AvgIpc) is 3.04. The molecule has 0 fully saturated rings. The van der Waals surface area contributed by atoms with Crippen molar-refractivity contribution in [3.63, 3.8) is 0 Å². The van der Waals surface area contributed by atoms with E-state index in [4.69, 9.17) is 34.8 Å². The number of carboxylic acid groups (broad SMARTS) is 1. The zero-order valence-corrected chi connectivity index (χ0v) is 17.6. The first-order valence-electron chi connectivity index (χ1n) is 8.27. The highest BCUT2D eigenvalue weighted by Crippen LogP contribution is 2.48. The lowest BCUT2D eigenvalue weighted by Gasteiger charge is -2.32. The van der Waals surface area contributed by atoms with E-state index in [1.54, 1.807) is 37.3 Å². The first-order valence-corrected chi connectivity index (χ1v) is 10.2. The molecule has 0 unspecified atom stereocenters. The van der Waals surface area contributed by atoms with E-state index in [9.17, 15) is 9.90 Å². The molecule has 0 bridgehead atoms. The molecule has 0 amide bonds. The maximum atomic E-state index is 12.0. The number of amidine groups is 1. The summed E-state index contributed by atoms with van der Waals surface area (Å²) in [5.41, 5.74) is 2.19. The number of aliphatic imine (C=N–C) groups is 1. The Bertz CT molecular complexity index is 1060. The molecule has 2 aliphatic rings. The number of hydrogen-bond acceptors (Lipinski definition) is 4. The quantitative estimate of drug-likeness (QED) is 0.581. The molecule has 2 aliphatic heterocycles. The molecule has 2 aromatic carbocycles. The van der Waals surface area contributed by atoms with Crippen LogP contribution < -0.4 is 0 Å². The van der Waals surface area contributed by atoms with Crippen LogP contribution in [0.5, 0.6) is 0 Å². The topological polar surface area (TPSA) is 52.9 Å². The van der Waals surface area contributed by atoms with E-state index in [-0.39, 0.29) is 5.57 Å². The van der Waals surface area contributed by atoms with Crippen molar-refractivity contribution < 1.29 is 9.90 Å². The maximum absolute atomic E-state index is 12.0. The van der Waals surface area contributed by atoms with Crippen LogP contribution in [0, 0.1) is 0 Å². The van der Waals surface area contributed by atoms with Crippen LogP contribution in [-0.4, -0.2) is 21.1 Å². The third kappa shape index (κ3) is 3.33. The Kier molecular flexibility index (Phi) is 5.19. The third-order valence-corrected chi connectivity index (χ3v) is 6.40. The molecule has 28 heavy (non-hydrogen) atoms. The number of aliphatic carboxylic acids is 1. The van der Waals surface area contributed by atoms with Crippen molar-refractivity contribution in [2.75, 3.05) is 0 Å². The predicted octanol–water partition coefficient (Wildman–Crippen LogP) is 6.46. The summed E-state index contributed by atoms with van der Waals surface area (Å²) in [6.07, 6.45) is 1.85. The highest BCUT2D eigenvalue weighted by molar-refractivity contribution is 8.22. The first kappa shape index (κ1) is 19.4. The second-order valence-electron chi connectivity index (χ2n) is 6.25. The summed E-state index contributed by atoms with van der Waals surface area (Å²) in [4.78, 5) is 19.2. The lowest BCUT2D eigenvalue weighted by molar-refractivity contribution is -0.133. The van der Waals surface area contributed by atoms with E-state index < -0.39 is 12.0 Å². The van der Waals surface area contributed by atoms with Gasteiger partial charge in [-0.2, -0.15) is 0 Å². The smallest absolute Gasteiger partial charge is 0.335 e. The normalized spacial score (nSPS) is 18.7. The predicted molar refractivity (Wildman–Crippen MR) is 116 cm³/mol. The number of fused-ring (bicyclic) bond motifs is 1. The first-order chi connectivity index (χ1) is 13.4. The Labute approximate surface area is 181 Å². The fourth-order valence-electron chi connectivity index (χ4n) is 3.26. The van der Waals surface area contributed by atoms with Crippen molar-refractivity contribution in [2.24, 2.45) is 4.99 Å². The molecule has 0 saturated heterocycles. The van der Waals surface area contributed by atoms with Crippen molar-refractivity contribution in [3.8, 4) is 0 Å². The van der Waals surface area contributed by atoms with E-state index >= 15 is 0 Å².